The van der Waals surface area contributed by atoms with Crippen molar-refractivity contribution in [3.63, 3.8) is 0 Å². The topological polar surface area (TPSA) is 57.5 Å². The van der Waals surface area contributed by atoms with Gasteiger partial charge in [-0.05, 0) is 37.5 Å². The largest absolute Gasteiger partial charge is 0.508 e. The van der Waals surface area contributed by atoms with Crippen LogP contribution in [-0.4, -0.2) is 16.2 Å². The number of phenols is 1. The zero-order valence-electron chi connectivity index (χ0n) is 9.54. The van der Waals surface area contributed by atoms with Crippen molar-refractivity contribution in [1.82, 2.24) is 0 Å². The second-order valence-electron chi connectivity index (χ2n) is 3.86. The third kappa shape index (κ3) is 2.14. The molecule has 16 heavy (non-hydrogen) atoms. The standard InChI is InChI=1S/C12H15ClO3/c1-4-8(12(15)16)10-7(3)11(13)6(2)5-9(10)14/h5,8,14H,4H2,1-3H3,(H,15,16). The highest BCUT2D eigenvalue weighted by molar-refractivity contribution is 6.32. The molecule has 0 aliphatic carbocycles. The minimum atomic E-state index is -0.944. The van der Waals surface area contributed by atoms with Gasteiger partial charge in [-0.1, -0.05) is 18.5 Å². The number of hydrogen-bond donors (Lipinski definition) is 2. The quantitative estimate of drug-likeness (QED) is 0.856. The van der Waals surface area contributed by atoms with Crippen molar-refractivity contribution in [3.05, 3.63) is 27.8 Å². The second-order valence-corrected chi connectivity index (χ2v) is 4.24. The Labute approximate surface area is 99.7 Å². The van der Waals surface area contributed by atoms with Gasteiger partial charge < -0.3 is 10.2 Å². The lowest BCUT2D eigenvalue weighted by Gasteiger charge is -2.17. The van der Waals surface area contributed by atoms with Crippen LogP contribution in [0.15, 0.2) is 6.07 Å². The van der Waals surface area contributed by atoms with E-state index in [0.29, 0.717) is 22.6 Å². The van der Waals surface area contributed by atoms with E-state index in [-0.39, 0.29) is 5.75 Å². The lowest BCUT2D eigenvalue weighted by Crippen LogP contribution is -2.12. The Hall–Kier alpha value is -1.22. The van der Waals surface area contributed by atoms with Gasteiger partial charge in [-0.25, -0.2) is 0 Å². The van der Waals surface area contributed by atoms with Crippen molar-refractivity contribution >= 4 is 17.6 Å². The Kier molecular flexibility index (Phi) is 3.81. The Bertz CT molecular complexity index is 427. The van der Waals surface area contributed by atoms with E-state index in [1.165, 1.54) is 6.07 Å². The second kappa shape index (κ2) is 4.74. The number of phenolic OH excluding ortho intramolecular Hbond substituents is 1. The normalized spacial score (nSPS) is 12.5. The van der Waals surface area contributed by atoms with Crippen molar-refractivity contribution in [3.8, 4) is 5.75 Å². The van der Waals surface area contributed by atoms with E-state index in [9.17, 15) is 9.90 Å². The SMILES string of the molecule is CCC(C(=O)O)c1c(O)cc(C)c(Cl)c1C. The maximum Gasteiger partial charge on any atom is 0.311 e. The van der Waals surface area contributed by atoms with E-state index in [1.54, 1.807) is 20.8 Å². The molecule has 2 N–H and O–H groups in total. The molecular weight excluding hydrogens is 228 g/mol. The highest BCUT2D eigenvalue weighted by Crippen LogP contribution is 2.37. The Morgan fingerprint density at radius 2 is 2.06 bits per heavy atom. The van der Waals surface area contributed by atoms with E-state index in [1.807, 2.05) is 0 Å². The molecule has 0 aromatic heterocycles. The Morgan fingerprint density at radius 1 is 1.50 bits per heavy atom. The molecule has 0 aliphatic rings. The maximum atomic E-state index is 11.1. The Morgan fingerprint density at radius 3 is 2.50 bits per heavy atom. The van der Waals surface area contributed by atoms with Crippen LogP contribution in [0.2, 0.25) is 5.02 Å². The minimum Gasteiger partial charge on any atom is -0.508 e. The number of aromatic hydroxyl groups is 1. The highest BCUT2D eigenvalue weighted by Gasteiger charge is 2.24. The van der Waals surface area contributed by atoms with Crippen LogP contribution in [0.4, 0.5) is 0 Å². The number of carbonyl (C=O) groups is 1. The minimum absolute atomic E-state index is 0.00801. The average Bonchev–Trinajstić information content (AvgIpc) is 2.20. The van der Waals surface area contributed by atoms with E-state index >= 15 is 0 Å². The molecule has 1 rings (SSSR count). The fourth-order valence-corrected chi connectivity index (χ4v) is 2.05. The fourth-order valence-electron chi connectivity index (χ4n) is 1.89. The van der Waals surface area contributed by atoms with Crippen LogP contribution in [0.3, 0.4) is 0 Å². The van der Waals surface area contributed by atoms with Crippen LogP contribution in [0, 0.1) is 13.8 Å². The van der Waals surface area contributed by atoms with Crippen LogP contribution >= 0.6 is 11.6 Å². The van der Waals surface area contributed by atoms with Gasteiger partial charge in [-0.15, -0.1) is 0 Å². The first-order chi connectivity index (χ1) is 7.40. The van der Waals surface area contributed by atoms with E-state index in [0.717, 1.165) is 5.56 Å². The molecule has 0 saturated heterocycles. The zero-order chi connectivity index (χ0) is 12.5. The fraction of sp³-hybridized carbons (Fsp3) is 0.417. The van der Waals surface area contributed by atoms with Crippen molar-refractivity contribution in [1.29, 1.82) is 0 Å². The summed E-state index contributed by atoms with van der Waals surface area (Å²) in [5.41, 5.74) is 1.82. The van der Waals surface area contributed by atoms with Gasteiger partial charge in [0.25, 0.3) is 0 Å². The number of benzene rings is 1. The molecule has 0 radical (unpaired) electrons. The monoisotopic (exact) mass is 242 g/mol. The first-order valence-corrected chi connectivity index (χ1v) is 5.49. The van der Waals surface area contributed by atoms with Crippen molar-refractivity contribution in [2.45, 2.75) is 33.1 Å². The van der Waals surface area contributed by atoms with Crippen molar-refractivity contribution in [2.75, 3.05) is 0 Å². The number of carboxylic acid groups (broad SMARTS) is 1. The van der Waals surface area contributed by atoms with Crippen LogP contribution in [0.25, 0.3) is 0 Å². The lowest BCUT2D eigenvalue weighted by molar-refractivity contribution is -0.138. The summed E-state index contributed by atoms with van der Waals surface area (Å²) in [5.74, 6) is -1.65. The average molecular weight is 243 g/mol. The summed E-state index contributed by atoms with van der Waals surface area (Å²) in [4.78, 5) is 11.1. The van der Waals surface area contributed by atoms with Crippen molar-refractivity contribution < 1.29 is 15.0 Å². The van der Waals surface area contributed by atoms with Crippen molar-refractivity contribution in [2.24, 2.45) is 0 Å². The highest BCUT2D eigenvalue weighted by atomic mass is 35.5. The van der Waals surface area contributed by atoms with Crippen LogP contribution in [0.5, 0.6) is 5.75 Å². The molecule has 0 bridgehead atoms. The number of rotatable bonds is 3. The molecule has 4 heteroatoms. The first kappa shape index (κ1) is 12.8. The summed E-state index contributed by atoms with van der Waals surface area (Å²) in [7, 11) is 0. The summed E-state index contributed by atoms with van der Waals surface area (Å²) in [6, 6.07) is 1.51. The molecule has 88 valence electrons. The molecule has 0 fully saturated rings. The summed E-state index contributed by atoms with van der Waals surface area (Å²) in [5, 5.41) is 19.4. The third-order valence-corrected chi connectivity index (χ3v) is 3.35. The molecular formula is C12H15ClO3. The zero-order valence-corrected chi connectivity index (χ0v) is 10.3. The molecule has 1 unspecified atom stereocenters. The van der Waals surface area contributed by atoms with Crippen LogP contribution in [0.1, 0.15) is 36.0 Å². The van der Waals surface area contributed by atoms with Gasteiger partial charge in [-0.3, -0.25) is 4.79 Å². The van der Waals surface area contributed by atoms with Gasteiger partial charge >= 0.3 is 5.97 Å². The van der Waals surface area contributed by atoms with Crippen LogP contribution < -0.4 is 0 Å². The third-order valence-electron chi connectivity index (χ3n) is 2.76. The maximum absolute atomic E-state index is 11.1. The van der Waals surface area contributed by atoms with Gasteiger partial charge in [0.2, 0.25) is 0 Å². The molecule has 1 atom stereocenters. The van der Waals surface area contributed by atoms with Gasteiger partial charge in [0.1, 0.15) is 5.75 Å². The molecule has 0 saturated carbocycles. The summed E-state index contributed by atoms with van der Waals surface area (Å²) in [6.07, 6.45) is 0.420. The summed E-state index contributed by atoms with van der Waals surface area (Å²) < 4.78 is 0. The van der Waals surface area contributed by atoms with E-state index < -0.39 is 11.9 Å². The molecule has 1 aromatic rings. The molecule has 0 amide bonds. The molecule has 0 spiro atoms. The predicted octanol–water partition coefficient (Wildman–Crippen LogP) is 3.24. The smallest absolute Gasteiger partial charge is 0.311 e. The van der Waals surface area contributed by atoms with Gasteiger partial charge in [-0.2, -0.15) is 0 Å². The number of hydrogen-bond acceptors (Lipinski definition) is 2. The van der Waals surface area contributed by atoms with Gasteiger partial charge in [0.15, 0.2) is 0 Å². The molecule has 3 nitrogen and oxygen atoms in total. The summed E-state index contributed by atoms with van der Waals surface area (Å²) >= 11 is 6.06. The number of carboxylic acids is 1. The number of halogens is 1. The lowest BCUT2D eigenvalue weighted by atomic mass is 9.90. The van der Waals surface area contributed by atoms with E-state index in [4.69, 9.17) is 16.7 Å². The summed E-state index contributed by atoms with van der Waals surface area (Å²) in [6.45, 7) is 5.28. The van der Waals surface area contributed by atoms with Crippen LogP contribution in [-0.2, 0) is 4.79 Å². The first-order valence-electron chi connectivity index (χ1n) is 5.11. The van der Waals surface area contributed by atoms with Gasteiger partial charge in [0, 0.05) is 10.6 Å². The van der Waals surface area contributed by atoms with E-state index in [2.05, 4.69) is 0 Å². The number of aliphatic carboxylic acids is 1. The Balaban J connectivity index is 3.43. The number of aryl methyl sites for hydroxylation is 1. The predicted molar refractivity (Wildman–Crippen MR) is 63.3 cm³/mol. The molecule has 1 aromatic carbocycles. The molecule has 0 aliphatic heterocycles. The molecule has 0 heterocycles. The van der Waals surface area contributed by atoms with Gasteiger partial charge in [0.05, 0.1) is 5.92 Å².